The van der Waals surface area contributed by atoms with E-state index in [2.05, 4.69) is 20.8 Å². The predicted octanol–water partition coefficient (Wildman–Crippen LogP) is 1.54. The predicted molar refractivity (Wildman–Crippen MR) is 109 cm³/mol. The average Bonchev–Trinajstić information content (AvgIpc) is 3.13. The number of rotatable bonds is 6. The minimum absolute atomic E-state index is 0.0940. The zero-order valence-corrected chi connectivity index (χ0v) is 18.1. The lowest BCUT2D eigenvalue weighted by Crippen LogP contribution is -2.36. The monoisotopic (exact) mass is 439 g/mol. The van der Waals surface area contributed by atoms with Gasteiger partial charge in [-0.05, 0) is 45.4 Å². The molecule has 0 radical (unpaired) electrons. The quantitative estimate of drug-likeness (QED) is 0.616. The molecule has 2 amide bonds. The van der Waals surface area contributed by atoms with Gasteiger partial charge in [-0.3, -0.25) is 9.89 Å². The molecule has 2 aliphatic carbocycles. The summed E-state index contributed by atoms with van der Waals surface area (Å²) < 4.78 is 30.1. The normalized spacial score (nSPS) is 28.3. The molecule has 0 spiro atoms. The Hall–Kier alpha value is -2.14. The van der Waals surface area contributed by atoms with Crippen molar-refractivity contribution < 1.29 is 22.7 Å². The Morgan fingerprint density at radius 3 is 2.73 bits per heavy atom. The first-order valence-corrected chi connectivity index (χ1v) is 12.3. The van der Waals surface area contributed by atoms with Gasteiger partial charge in [0.05, 0.1) is 12.2 Å². The number of hydrogen-bond acceptors (Lipinski definition) is 6. The first-order valence-electron chi connectivity index (χ1n) is 10.4. The maximum absolute atomic E-state index is 12.5. The Bertz CT molecular complexity index is 925. The van der Waals surface area contributed by atoms with E-state index >= 15 is 0 Å². The third-order valence-electron chi connectivity index (χ3n) is 6.34. The molecule has 3 aliphatic rings. The highest BCUT2D eigenvalue weighted by molar-refractivity contribution is 7.88. The molecule has 0 unspecified atom stereocenters. The highest BCUT2D eigenvalue weighted by Crippen LogP contribution is 2.37. The van der Waals surface area contributed by atoms with Gasteiger partial charge in [-0.2, -0.15) is 5.10 Å². The molecule has 10 nitrogen and oxygen atoms in total. The van der Waals surface area contributed by atoms with Gasteiger partial charge >= 0.3 is 6.09 Å². The topological polar surface area (TPSA) is 133 Å². The standard InChI is InChI=1S/C19H29N5O5S/c1-19(6-7-19)21-18(26)29-14-4-3-12(9-14)15-10-16(23-22-15)20-17(25)13-5-8-24(11-13)30(2,27)28/h10,12-14H,3-9,11H2,1-2H3,(H,21,26)(H2,20,22,23,25)/t12-,13+,14+/m0/s1. The zero-order chi connectivity index (χ0) is 21.5. The molecule has 1 aliphatic heterocycles. The van der Waals surface area contributed by atoms with Crippen molar-refractivity contribution in [3.8, 4) is 0 Å². The van der Waals surface area contributed by atoms with Crippen LogP contribution in [-0.4, -0.2) is 65.9 Å². The van der Waals surface area contributed by atoms with E-state index in [1.165, 1.54) is 4.31 Å². The van der Waals surface area contributed by atoms with Crippen molar-refractivity contribution in [3.05, 3.63) is 11.8 Å². The van der Waals surface area contributed by atoms with Crippen LogP contribution in [0.15, 0.2) is 6.07 Å². The van der Waals surface area contributed by atoms with Crippen LogP contribution in [-0.2, 0) is 19.6 Å². The smallest absolute Gasteiger partial charge is 0.407 e. The number of aromatic nitrogens is 2. The first kappa shape index (κ1) is 21.1. The van der Waals surface area contributed by atoms with Gasteiger partial charge in [-0.1, -0.05) is 0 Å². The Morgan fingerprint density at radius 2 is 2.07 bits per heavy atom. The largest absolute Gasteiger partial charge is 0.446 e. The molecule has 0 aromatic carbocycles. The Labute approximate surface area is 176 Å². The van der Waals surface area contributed by atoms with Crippen molar-refractivity contribution in [2.45, 2.75) is 63.0 Å². The van der Waals surface area contributed by atoms with E-state index in [0.717, 1.165) is 37.6 Å². The summed E-state index contributed by atoms with van der Waals surface area (Å²) in [5.74, 6) is 0.00861. The van der Waals surface area contributed by atoms with Gasteiger partial charge in [0, 0.05) is 36.3 Å². The van der Waals surface area contributed by atoms with Crippen LogP contribution in [0.4, 0.5) is 10.6 Å². The first-order chi connectivity index (χ1) is 14.1. The van der Waals surface area contributed by atoms with Crippen LogP contribution in [0.5, 0.6) is 0 Å². The van der Waals surface area contributed by atoms with Crippen molar-refractivity contribution in [2.75, 3.05) is 24.7 Å². The molecule has 3 fully saturated rings. The summed E-state index contributed by atoms with van der Waals surface area (Å²) in [4.78, 5) is 24.5. The molecule has 166 valence electrons. The number of anilines is 1. The second-order valence-electron chi connectivity index (χ2n) is 9.03. The van der Waals surface area contributed by atoms with E-state index in [4.69, 9.17) is 4.74 Å². The van der Waals surface area contributed by atoms with Gasteiger partial charge in [0.25, 0.3) is 0 Å². The van der Waals surface area contributed by atoms with Crippen molar-refractivity contribution in [1.82, 2.24) is 19.8 Å². The van der Waals surface area contributed by atoms with Crippen LogP contribution >= 0.6 is 0 Å². The molecule has 3 N–H and O–H groups in total. The number of carbonyl (C=O) groups is 2. The van der Waals surface area contributed by atoms with Crippen molar-refractivity contribution in [2.24, 2.45) is 5.92 Å². The molecular formula is C19H29N5O5S. The molecule has 1 aromatic rings. The second kappa shape index (κ2) is 7.84. The molecule has 0 bridgehead atoms. The van der Waals surface area contributed by atoms with Crippen molar-refractivity contribution in [1.29, 1.82) is 0 Å². The van der Waals surface area contributed by atoms with Crippen molar-refractivity contribution >= 4 is 27.8 Å². The minimum Gasteiger partial charge on any atom is -0.446 e. The number of ether oxygens (including phenoxy) is 1. The fourth-order valence-electron chi connectivity index (χ4n) is 4.15. The fourth-order valence-corrected chi connectivity index (χ4v) is 5.04. The van der Waals surface area contributed by atoms with Gasteiger partial charge in [-0.15, -0.1) is 0 Å². The maximum atomic E-state index is 12.5. The van der Waals surface area contributed by atoms with Crippen LogP contribution in [0.3, 0.4) is 0 Å². The van der Waals surface area contributed by atoms with Crippen LogP contribution < -0.4 is 10.6 Å². The number of nitrogens with zero attached hydrogens (tertiary/aromatic N) is 2. The van der Waals surface area contributed by atoms with Crippen LogP contribution in [0.2, 0.25) is 0 Å². The summed E-state index contributed by atoms with van der Waals surface area (Å²) in [5, 5.41) is 12.8. The summed E-state index contributed by atoms with van der Waals surface area (Å²) in [7, 11) is -3.28. The summed E-state index contributed by atoms with van der Waals surface area (Å²) in [6.45, 7) is 2.57. The molecule has 1 saturated heterocycles. The van der Waals surface area contributed by atoms with E-state index in [9.17, 15) is 18.0 Å². The highest BCUT2D eigenvalue weighted by Gasteiger charge is 2.40. The average molecular weight is 440 g/mol. The van der Waals surface area contributed by atoms with Gasteiger partial charge in [0.1, 0.15) is 6.10 Å². The van der Waals surface area contributed by atoms with Crippen LogP contribution in [0.1, 0.15) is 57.1 Å². The number of hydrogen-bond donors (Lipinski definition) is 3. The number of sulfonamides is 1. The number of H-pyrrole nitrogens is 1. The molecule has 4 rings (SSSR count). The van der Waals surface area contributed by atoms with Gasteiger partial charge < -0.3 is 15.4 Å². The Kier molecular flexibility index (Phi) is 5.52. The summed E-state index contributed by atoms with van der Waals surface area (Å²) in [6.07, 6.45) is 5.54. The molecule has 3 atom stereocenters. The van der Waals surface area contributed by atoms with E-state index in [1.54, 1.807) is 6.07 Å². The molecule has 11 heteroatoms. The van der Waals surface area contributed by atoms with Crippen LogP contribution in [0, 0.1) is 5.92 Å². The second-order valence-corrected chi connectivity index (χ2v) is 11.0. The Balaban J connectivity index is 1.26. The number of nitrogens with one attached hydrogen (secondary N) is 3. The molecule has 2 heterocycles. The lowest BCUT2D eigenvalue weighted by molar-refractivity contribution is -0.119. The fraction of sp³-hybridized carbons (Fsp3) is 0.737. The summed E-state index contributed by atoms with van der Waals surface area (Å²) >= 11 is 0. The third kappa shape index (κ3) is 4.94. The number of carbonyl (C=O) groups excluding carboxylic acids is 2. The van der Waals surface area contributed by atoms with Crippen LogP contribution in [0.25, 0.3) is 0 Å². The molecule has 30 heavy (non-hydrogen) atoms. The molecule has 1 aromatic heterocycles. The number of aromatic amines is 1. The number of alkyl carbamates (subject to hydrolysis) is 1. The number of amides is 2. The van der Waals surface area contributed by atoms with Gasteiger partial charge in [0.2, 0.25) is 15.9 Å². The lowest BCUT2D eigenvalue weighted by Gasteiger charge is -2.16. The lowest BCUT2D eigenvalue weighted by atomic mass is 10.0. The maximum Gasteiger partial charge on any atom is 0.407 e. The Morgan fingerprint density at radius 1 is 1.30 bits per heavy atom. The SMILES string of the molecule is CC1(NC(=O)O[C@@H]2CC[C@H](c3cc(NC(=O)[C@@H]4CCN(S(C)(=O)=O)C4)n[nH]3)C2)CC1. The highest BCUT2D eigenvalue weighted by atomic mass is 32.2. The van der Waals surface area contributed by atoms with E-state index in [-0.39, 0.29) is 42.0 Å². The van der Waals surface area contributed by atoms with Crippen molar-refractivity contribution in [3.63, 3.8) is 0 Å². The summed E-state index contributed by atoms with van der Waals surface area (Å²) in [5.41, 5.74) is 0.804. The molecular weight excluding hydrogens is 410 g/mol. The summed E-state index contributed by atoms with van der Waals surface area (Å²) in [6, 6.07) is 1.81. The van der Waals surface area contributed by atoms with Gasteiger partial charge in [0.15, 0.2) is 5.82 Å². The third-order valence-corrected chi connectivity index (χ3v) is 7.61. The van der Waals surface area contributed by atoms with E-state index < -0.39 is 10.0 Å². The zero-order valence-electron chi connectivity index (χ0n) is 17.3. The van der Waals surface area contributed by atoms with E-state index in [1.807, 2.05) is 6.92 Å². The van der Waals surface area contributed by atoms with E-state index in [0.29, 0.717) is 25.2 Å². The van der Waals surface area contributed by atoms with Gasteiger partial charge in [-0.25, -0.2) is 17.5 Å². The molecule has 2 saturated carbocycles. The minimum atomic E-state index is -3.28.